The van der Waals surface area contributed by atoms with Crippen LogP contribution in [0.15, 0.2) is 65.7 Å². The minimum atomic E-state index is -0.498. The first-order valence-corrected chi connectivity index (χ1v) is 10.6. The molecule has 3 heterocycles. The number of aromatic nitrogens is 3. The molecule has 1 fully saturated rings. The SMILES string of the molecule is Cc1cn(-c2ccccc2O)c(=O)n2c(C(=O)Nc3ccc(N4CCOCC4)cc3)cnc12. The number of ether oxygens (including phenoxy) is 1. The highest BCUT2D eigenvalue weighted by Crippen LogP contribution is 2.22. The molecule has 9 heteroatoms. The number of nitrogens with zero attached hydrogens (tertiary/aromatic N) is 4. The van der Waals surface area contributed by atoms with Gasteiger partial charge >= 0.3 is 5.69 Å². The lowest BCUT2D eigenvalue weighted by Crippen LogP contribution is -2.36. The lowest BCUT2D eigenvalue weighted by atomic mass is 10.2. The number of para-hydroxylation sites is 2. The lowest BCUT2D eigenvalue weighted by Gasteiger charge is -2.28. The minimum absolute atomic E-state index is 0.0372. The Morgan fingerprint density at radius 2 is 1.82 bits per heavy atom. The normalized spacial score (nSPS) is 13.9. The highest BCUT2D eigenvalue weighted by Gasteiger charge is 2.19. The van der Waals surface area contributed by atoms with Crippen molar-refractivity contribution in [3.63, 3.8) is 0 Å². The molecule has 1 aliphatic rings. The van der Waals surface area contributed by atoms with Crippen LogP contribution in [0, 0.1) is 6.92 Å². The number of phenols is 1. The summed E-state index contributed by atoms with van der Waals surface area (Å²) in [6.07, 6.45) is 2.99. The number of anilines is 2. The van der Waals surface area contributed by atoms with Gasteiger partial charge in [-0.25, -0.2) is 14.2 Å². The van der Waals surface area contributed by atoms with E-state index in [9.17, 15) is 14.7 Å². The molecule has 1 saturated heterocycles. The number of carbonyl (C=O) groups excluding carboxylic acids is 1. The Kier molecular flexibility index (Phi) is 5.31. The molecule has 0 radical (unpaired) electrons. The van der Waals surface area contributed by atoms with Gasteiger partial charge in [-0.05, 0) is 43.3 Å². The van der Waals surface area contributed by atoms with Crippen molar-refractivity contribution in [2.45, 2.75) is 6.92 Å². The number of hydrogen-bond acceptors (Lipinski definition) is 6. The molecule has 0 spiro atoms. The van der Waals surface area contributed by atoms with Crippen LogP contribution < -0.4 is 15.9 Å². The van der Waals surface area contributed by atoms with Crippen LogP contribution in [0.2, 0.25) is 0 Å². The molecular weight excluding hydrogens is 422 g/mol. The van der Waals surface area contributed by atoms with Gasteiger partial charge in [0.1, 0.15) is 17.1 Å². The standard InChI is InChI=1S/C24H23N5O4/c1-16-15-28(19-4-2-3-5-21(19)30)24(32)29-20(14-25-22(16)29)23(31)26-17-6-8-18(9-7-17)27-10-12-33-13-11-27/h2-9,14-15,30H,10-13H2,1H3,(H,26,31). The second kappa shape index (κ2) is 8.44. The predicted octanol–water partition coefficient (Wildman–Crippen LogP) is 2.59. The highest BCUT2D eigenvalue weighted by molar-refractivity contribution is 6.03. The van der Waals surface area contributed by atoms with Gasteiger partial charge in [0.15, 0.2) is 0 Å². The van der Waals surface area contributed by atoms with Gasteiger partial charge in [0.2, 0.25) is 0 Å². The molecule has 1 aliphatic heterocycles. The summed E-state index contributed by atoms with van der Waals surface area (Å²) in [5.41, 5.74) is 2.69. The van der Waals surface area contributed by atoms with E-state index in [-0.39, 0.29) is 11.4 Å². The van der Waals surface area contributed by atoms with E-state index in [0.717, 1.165) is 18.8 Å². The predicted molar refractivity (Wildman–Crippen MR) is 125 cm³/mol. The Balaban J connectivity index is 1.47. The van der Waals surface area contributed by atoms with Crippen molar-refractivity contribution < 1.29 is 14.6 Å². The fraction of sp³-hybridized carbons (Fsp3) is 0.208. The van der Waals surface area contributed by atoms with Gasteiger partial charge in [0, 0.05) is 36.2 Å². The Labute approximate surface area is 189 Å². The molecule has 4 aromatic rings. The average molecular weight is 445 g/mol. The van der Waals surface area contributed by atoms with E-state index in [4.69, 9.17) is 4.74 Å². The van der Waals surface area contributed by atoms with Crippen LogP contribution in [0.25, 0.3) is 11.3 Å². The first-order valence-electron chi connectivity index (χ1n) is 10.6. The van der Waals surface area contributed by atoms with Crippen LogP contribution in [0.4, 0.5) is 11.4 Å². The van der Waals surface area contributed by atoms with Gasteiger partial charge in [-0.15, -0.1) is 0 Å². The zero-order valence-corrected chi connectivity index (χ0v) is 18.1. The third-order valence-corrected chi connectivity index (χ3v) is 5.71. The molecular formula is C24H23N5O4. The molecule has 2 aromatic heterocycles. The van der Waals surface area contributed by atoms with E-state index < -0.39 is 11.6 Å². The number of imidazole rings is 1. The zero-order chi connectivity index (χ0) is 22.9. The van der Waals surface area contributed by atoms with Crippen LogP contribution in [0.5, 0.6) is 5.75 Å². The Bertz CT molecular complexity index is 1380. The molecule has 0 aliphatic carbocycles. The van der Waals surface area contributed by atoms with Crippen LogP contribution in [0.1, 0.15) is 16.1 Å². The highest BCUT2D eigenvalue weighted by atomic mass is 16.5. The Morgan fingerprint density at radius 3 is 2.55 bits per heavy atom. The second-order valence-corrected chi connectivity index (χ2v) is 7.86. The summed E-state index contributed by atoms with van der Waals surface area (Å²) in [6.45, 7) is 4.85. The third-order valence-electron chi connectivity index (χ3n) is 5.71. The molecule has 9 nitrogen and oxygen atoms in total. The molecule has 2 N–H and O–H groups in total. The van der Waals surface area contributed by atoms with Gasteiger partial charge in [-0.1, -0.05) is 12.1 Å². The molecule has 0 atom stereocenters. The molecule has 0 saturated carbocycles. The van der Waals surface area contributed by atoms with Gasteiger partial charge in [0.25, 0.3) is 5.91 Å². The number of nitrogens with one attached hydrogen (secondary N) is 1. The second-order valence-electron chi connectivity index (χ2n) is 7.86. The summed E-state index contributed by atoms with van der Waals surface area (Å²) in [5, 5.41) is 13.1. The van der Waals surface area contributed by atoms with E-state index >= 15 is 0 Å². The van der Waals surface area contributed by atoms with E-state index in [2.05, 4.69) is 15.2 Å². The Morgan fingerprint density at radius 1 is 1.09 bits per heavy atom. The fourth-order valence-corrected chi connectivity index (χ4v) is 4.01. The Hall–Kier alpha value is -4.11. The number of benzene rings is 2. The zero-order valence-electron chi connectivity index (χ0n) is 18.1. The molecule has 33 heavy (non-hydrogen) atoms. The lowest BCUT2D eigenvalue weighted by molar-refractivity contribution is 0.102. The fourth-order valence-electron chi connectivity index (χ4n) is 4.01. The number of amides is 1. The summed E-state index contributed by atoms with van der Waals surface area (Å²) in [5.74, 6) is -0.488. The summed E-state index contributed by atoms with van der Waals surface area (Å²) < 4.78 is 7.96. The van der Waals surface area contributed by atoms with Crippen molar-refractivity contribution >= 4 is 22.9 Å². The molecule has 0 bridgehead atoms. The van der Waals surface area contributed by atoms with Gasteiger partial charge in [-0.2, -0.15) is 0 Å². The first kappa shape index (κ1) is 20.8. The molecule has 0 unspecified atom stereocenters. The minimum Gasteiger partial charge on any atom is -0.506 e. The topological polar surface area (TPSA) is 101 Å². The molecule has 5 rings (SSSR count). The van der Waals surface area contributed by atoms with E-state index in [0.29, 0.717) is 35.8 Å². The average Bonchev–Trinajstić information content (AvgIpc) is 3.29. The van der Waals surface area contributed by atoms with Crippen LogP contribution >= 0.6 is 0 Å². The summed E-state index contributed by atoms with van der Waals surface area (Å²) in [7, 11) is 0. The summed E-state index contributed by atoms with van der Waals surface area (Å²) >= 11 is 0. The number of fused-ring (bicyclic) bond motifs is 1. The number of hydrogen-bond donors (Lipinski definition) is 2. The van der Waals surface area contributed by atoms with E-state index in [1.165, 1.54) is 21.2 Å². The van der Waals surface area contributed by atoms with Crippen LogP contribution in [-0.2, 0) is 4.74 Å². The maximum Gasteiger partial charge on any atom is 0.339 e. The van der Waals surface area contributed by atoms with E-state index in [1.54, 1.807) is 31.3 Å². The van der Waals surface area contributed by atoms with Crippen molar-refractivity contribution in [1.29, 1.82) is 0 Å². The number of phenolic OH excluding ortho intramolecular Hbond substituents is 1. The molecule has 168 valence electrons. The van der Waals surface area contributed by atoms with E-state index in [1.807, 2.05) is 24.3 Å². The van der Waals surface area contributed by atoms with Crippen molar-refractivity contribution in [1.82, 2.24) is 14.0 Å². The third kappa shape index (κ3) is 3.83. The maximum atomic E-state index is 13.3. The van der Waals surface area contributed by atoms with Crippen LogP contribution in [0.3, 0.4) is 0 Å². The maximum absolute atomic E-state index is 13.3. The van der Waals surface area contributed by atoms with Crippen molar-refractivity contribution in [2.24, 2.45) is 0 Å². The first-order chi connectivity index (χ1) is 16.0. The summed E-state index contributed by atoms with van der Waals surface area (Å²) in [6, 6.07) is 14.1. The molecule has 1 amide bonds. The van der Waals surface area contributed by atoms with Crippen molar-refractivity contribution in [2.75, 3.05) is 36.5 Å². The number of aromatic hydroxyl groups is 1. The smallest absolute Gasteiger partial charge is 0.339 e. The number of rotatable bonds is 4. The van der Waals surface area contributed by atoms with Crippen LogP contribution in [-0.4, -0.2) is 51.3 Å². The number of morpholine rings is 1. The van der Waals surface area contributed by atoms with Crippen molar-refractivity contribution in [3.8, 4) is 11.4 Å². The number of carbonyl (C=O) groups is 1. The quantitative estimate of drug-likeness (QED) is 0.501. The van der Waals surface area contributed by atoms with Gasteiger partial charge < -0.3 is 20.1 Å². The van der Waals surface area contributed by atoms with Gasteiger partial charge in [0.05, 0.1) is 25.1 Å². The molecule has 2 aromatic carbocycles. The monoisotopic (exact) mass is 445 g/mol. The number of aryl methyl sites for hydroxylation is 1. The largest absolute Gasteiger partial charge is 0.506 e. The van der Waals surface area contributed by atoms with Crippen molar-refractivity contribution in [3.05, 3.63) is 82.7 Å². The summed E-state index contributed by atoms with van der Waals surface area (Å²) in [4.78, 5) is 32.8. The van der Waals surface area contributed by atoms with Gasteiger partial charge in [-0.3, -0.25) is 9.36 Å².